The van der Waals surface area contributed by atoms with Gasteiger partial charge in [0.1, 0.15) is 5.82 Å². The van der Waals surface area contributed by atoms with Gasteiger partial charge in [0, 0.05) is 41.8 Å². The summed E-state index contributed by atoms with van der Waals surface area (Å²) in [7, 11) is 0. The van der Waals surface area contributed by atoms with Gasteiger partial charge in [0.2, 0.25) is 0 Å². The van der Waals surface area contributed by atoms with Crippen LogP contribution in [0.5, 0.6) is 0 Å². The lowest BCUT2D eigenvalue weighted by atomic mass is 9.69. The standard InChI is InChI=1S/C21H24N4O2S/c1-4-8-28-20-24-18-17(19(27)25-20)15(12-6-5-7-22-11-12)16-13(23-18)9-21(2,3)10-14(16)26/h5-7,11,15H,4,8-10H2,1-3H3,(H2,23,24,25,27)/t15-/m0/s1. The molecule has 0 unspecified atom stereocenters. The first kappa shape index (κ1) is 18.9. The first-order chi connectivity index (χ1) is 13.4. The normalized spacial score (nSPS) is 20.4. The summed E-state index contributed by atoms with van der Waals surface area (Å²) in [6, 6.07) is 3.76. The van der Waals surface area contributed by atoms with E-state index < -0.39 is 5.92 Å². The number of fused-ring (bicyclic) bond motifs is 1. The lowest BCUT2D eigenvalue weighted by Crippen LogP contribution is -2.37. The van der Waals surface area contributed by atoms with Gasteiger partial charge >= 0.3 is 0 Å². The van der Waals surface area contributed by atoms with Gasteiger partial charge in [-0.2, -0.15) is 0 Å². The third kappa shape index (κ3) is 3.39. The van der Waals surface area contributed by atoms with Gasteiger partial charge in [-0.15, -0.1) is 0 Å². The van der Waals surface area contributed by atoms with Crippen molar-refractivity contribution in [2.24, 2.45) is 5.41 Å². The van der Waals surface area contributed by atoms with Crippen LogP contribution in [0, 0.1) is 5.41 Å². The summed E-state index contributed by atoms with van der Waals surface area (Å²) in [5, 5.41) is 3.94. The Bertz CT molecular complexity index is 1010. The lowest BCUT2D eigenvalue weighted by molar-refractivity contribution is -0.118. The molecule has 7 heteroatoms. The minimum atomic E-state index is -0.440. The lowest BCUT2D eigenvalue weighted by Gasteiger charge is -2.38. The van der Waals surface area contributed by atoms with Crippen molar-refractivity contribution in [3.05, 3.63) is 57.3 Å². The zero-order valence-corrected chi connectivity index (χ0v) is 17.2. The van der Waals surface area contributed by atoms with Crippen molar-refractivity contribution in [1.29, 1.82) is 0 Å². The molecule has 1 atom stereocenters. The van der Waals surface area contributed by atoms with Gasteiger partial charge < -0.3 is 10.3 Å². The fraction of sp³-hybridized carbons (Fsp3) is 0.429. The van der Waals surface area contributed by atoms with Crippen LogP contribution in [-0.4, -0.2) is 26.5 Å². The number of aromatic nitrogens is 3. The number of anilines is 1. The molecule has 1 aliphatic heterocycles. The summed E-state index contributed by atoms with van der Waals surface area (Å²) in [5.74, 6) is 1.08. The number of carbonyl (C=O) groups is 1. The van der Waals surface area contributed by atoms with Crippen LogP contribution in [0.2, 0.25) is 0 Å². The van der Waals surface area contributed by atoms with Crippen LogP contribution >= 0.6 is 11.8 Å². The average Bonchev–Trinajstić information content (AvgIpc) is 2.64. The second-order valence-corrected chi connectivity index (χ2v) is 9.24. The smallest absolute Gasteiger partial charge is 0.257 e. The maximum atomic E-state index is 13.1. The van der Waals surface area contributed by atoms with E-state index >= 15 is 0 Å². The fourth-order valence-corrected chi connectivity index (χ4v) is 4.76. The highest BCUT2D eigenvalue weighted by Crippen LogP contribution is 2.47. The summed E-state index contributed by atoms with van der Waals surface area (Å²) < 4.78 is 0. The fourth-order valence-electron chi connectivity index (χ4n) is 4.04. The van der Waals surface area contributed by atoms with Gasteiger partial charge in [0.25, 0.3) is 5.56 Å². The SMILES string of the molecule is CCCSc1nc2c(c(=O)[nH]1)[C@@H](c1cccnc1)C1=C(CC(C)(C)CC1=O)N2. The highest BCUT2D eigenvalue weighted by atomic mass is 32.2. The minimum Gasteiger partial charge on any atom is -0.343 e. The van der Waals surface area contributed by atoms with Gasteiger partial charge in [-0.3, -0.25) is 14.6 Å². The molecular formula is C21H24N4O2S. The Morgan fingerprint density at radius 3 is 2.82 bits per heavy atom. The monoisotopic (exact) mass is 396 g/mol. The summed E-state index contributed by atoms with van der Waals surface area (Å²) in [6.07, 6.45) is 5.64. The number of hydrogen-bond donors (Lipinski definition) is 2. The van der Waals surface area contributed by atoms with Crippen molar-refractivity contribution in [3.8, 4) is 0 Å². The highest BCUT2D eigenvalue weighted by molar-refractivity contribution is 7.99. The molecule has 4 rings (SSSR count). The molecule has 0 saturated heterocycles. The molecular weight excluding hydrogens is 372 g/mol. The number of pyridine rings is 1. The molecule has 146 valence electrons. The van der Waals surface area contributed by atoms with Crippen molar-refractivity contribution in [1.82, 2.24) is 15.0 Å². The molecule has 1 aliphatic carbocycles. The van der Waals surface area contributed by atoms with Gasteiger partial charge in [0.05, 0.1) is 5.56 Å². The first-order valence-electron chi connectivity index (χ1n) is 9.60. The number of H-pyrrole nitrogens is 1. The van der Waals surface area contributed by atoms with Crippen molar-refractivity contribution < 1.29 is 4.79 Å². The summed E-state index contributed by atoms with van der Waals surface area (Å²) in [4.78, 5) is 37.9. The van der Waals surface area contributed by atoms with E-state index in [2.05, 4.69) is 41.0 Å². The van der Waals surface area contributed by atoms with E-state index in [1.165, 1.54) is 11.8 Å². The van der Waals surface area contributed by atoms with Crippen molar-refractivity contribution in [2.45, 2.75) is 51.1 Å². The summed E-state index contributed by atoms with van der Waals surface area (Å²) >= 11 is 1.53. The predicted molar refractivity (Wildman–Crippen MR) is 111 cm³/mol. The minimum absolute atomic E-state index is 0.0853. The van der Waals surface area contributed by atoms with E-state index in [1.807, 2.05) is 12.1 Å². The summed E-state index contributed by atoms with van der Waals surface area (Å²) in [5.41, 5.74) is 2.58. The first-order valence-corrected chi connectivity index (χ1v) is 10.6. The average molecular weight is 397 g/mol. The van der Waals surface area contributed by atoms with Crippen LogP contribution in [0.1, 0.15) is 57.1 Å². The Hall–Kier alpha value is -2.41. The molecule has 0 saturated carbocycles. The molecule has 0 spiro atoms. The molecule has 28 heavy (non-hydrogen) atoms. The van der Waals surface area contributed by atoms with Crippen LogP contribution in [0.3, 0.4) is 0 Å². The topological polar surface area (TPSA) is 87.7 Å². The second-order valence-electron chi connectivity index (χ2n) is 8.16. The van der Waals surface area contributed by atoms with Crippen molar-refractivity contribution in [3.63, 3.8) is 0 Å². The van der Waals surface area contributed by atoms with Crippen molar-refractivity contribution in [2.75, 3.05) is 11.1 Å². The van der Waals surface area contributed by atoms with Crippen LogP contribution in [0.15, 0.2) is 45.7 Å². The van der Waals surface area contributed by atoms with Crippen molar-refractivity contribution >= 4 is 23.4 Å². The number of thioether (sulfide) groups is 1. The zero-order chi connectivity index (χ0) is 19.9. The van der Waals surface area contributed by atoms with E-state index in [4.69, 9.17) is 0 Å². The zero-order valence-electron chi connectivity index (χ0n) is 16.3. The van der Waals surface area contributed by atoms with E-state index in [0.717, 1.165) is 29.9 Å². The van der Waals surface area contributed by atoms with Gasteiger partial charge in [0.15, 0.2) is 10.9 Å². The maximum Gasteiger partial charge on any atom is 0.257 e. The number of hydrogen-bond acceptors (Lipinski definition) is 6. The second kappa shape index (κ2) is 7.20. The number of ketones is 1. The quantitative estimate of drug-likeness (QED) is 0.603. The maximum absolute atomic E-state index is 13.1. The number of carbonyl (C=O) groups excluding carboxylic acids is 1. The Morgan fingerprint density at radius 2 is 2.11 bits per heavy atom. The Labute approximate surface area is 168 Å². The molecule has 6 nitrogen and oxygen atoms in total. The molecule has 0 amide bonds. The molecule has 0 fully saturated rings. The van der Waals surface area contributed by atoms with Crippen LogP contribution in [0.4, 0.5) is 5.82 Å². The highest BCUT2D eigenvalue weighted by Gasteiger charge is 2.42. The molecule has 0 aromatic carbocycles. The van der Waals surface area contributed by atoms with Crippen LogP contribution < -0.4 is 10.9 Å². The Kier molecular flexibility index (Phi) is 4.87. The van der Waals surface area contributed by atoms with Gasteiger partial charge in [-0.05, 0) is 29.9 Å². The van der Waals surface area contributed by atoms with Gasteiger partial charge in [-0.25, -0.2) is 4.98 Å². The van der Waals surface area contributed by atoms with E-state index in [9.17, 15) is 9.59 Å². The predicted octanol–water partition coefficient (Wildman–Crippen LogP) is 3.87. The molecule has 2 aromatic rings. The Morgan fingerprint density at radius 1 is 1.29 bits per heavy atom. The number of nitrogens with zero attached hydrogens (tertiary/aromatic N) is 2. The molecule has 0 radical (unpaired) electrons. The van der Waals surface area contributed by atoms with Crippen LogP contribution in [0.25, 0.3) is 0 Å². The number of Topliss-reactive ketones (excluding diaryl/α,β-unsaturated/α-hetero) is 1. The third-order valence-corrected chi connectivity index (χ3v) is 6.24. The number of aromatic amines is 1. The van der Waals surface area contributed by atoms with E-state index in [-0.39, 0.29) is 16.8 Å². The molecule has 2 aliphatic rings. The number of nitrogens with one attached hydrogen (secondary N) is 2. The molecule has 0 bridgehead atoms. The van der Waals surface area contributed by atoms with E-state index in [0.29, 0.717) is 28.5 Å². The van der Waals surface area contributed by atoms with E-state index in [1.54, 1.807) is 12.4 Å². The number of allylic oxidation sites excluding steroid dienone is 2. The van der Waals surface area contributed by atoms with Gasteiger partial charge in [-0.1, -0.05) is 38.6 Å². The molecule has 2 aromatic heterocycles. The number of rotatable bonds is 4. The summed E-state index contributed by atoms with van der Waals surface area (Å²) in [6.45, 7) is 6.28. The largest absolute Gasteiger partial charge is 0.343 e. The van der Waals surface area contributed by atoms with Crippen LogP contribution in [-0.2, 0) is 4.79 Å². The third-order valence-electron chi connectivity index (χ3n) is 5.16. The molecule has 2 N–H and O–H groups in total. The molecule has 3 heterocycles. The Balaban J connectivity index is 1.90.